The molecule has 0 bridgehead atoms. The first-order chi connectivity index (χ1) is 15.2. The molecule has 0 spiro atoms. The molecule has 5 heteroatoms. The predicted molar refractivity (Wildman–Crippen MR) is 124 cm³/mol. The van der Waals surface area contributed by atoms with Gasteiger partial charge in [-0.2, -0.15) is 0 Å². The molecule has 1 aliphatic heterocycles. The van der Waals surface area contributed by atoms with Crippen LogP contribution in [0.2, 0.25) is 0 Å². The summed E-state index contributed by atoms with van der Waals surface area (Å²) in [6.45, 7) is 5.38. The molecule has 1 aromatic carbocycles. The molecule has 0 N–H and O–H groups in total. The molecule has 0 amide bonds. The fourth-order valence-corrected chi connectivity index (χ4v) is 5.32. The molecular formula is C26H37N3O2. The van der Waals surface area contributed by atoms with Crippen molar-refractivity contribution in [3.63, 3.8) is 0 Å². The van der Waals surface area contributed by atoms with E-state index in [1.165, 1.54) is 62.7 Å². The Hall–Kier alpha value is -2.11. The molecule has 2 heterocycles. The van der Waals surface area contributed by atoms with Crippen LogP contribution in [0, 0.1) is 5.92 Å². The smallest absolute Gasteiger partial charge is 0.123 e. The summed E-state index contributed by atoms with van der Waals surface area (Å²) in [4.78, 5) is 9.65. The molecule has 0 atom stereocenters. The number of methoxy groups -OCH3 is 2. The summed E-state index contributed by atoms with van der Waals surface area (Å²) in [5.41, 5.74) is 2.43. The molecule has 1 aliphatic carbocycles. The van der Waals surface area contributed by atoms with Gasteiger partial charge in [0.15, 0.2) is 0 Å². The van der Waals surface area contributed by atoms with E-state index in [1.807, 2.05) is 30.6 Å². The number of nitrogens with zero attached hydrogens (tertiary/aromatic N) is 3. The maximum Gasteiger partial charge on any atom is 0.123 e. The SMILES string of the molecule is COc1ccc(OC)c(CN(Cc2cccnc2)CC2CCN(C3CCCC3)CC2)c1. The van der Waals surface area contributed by atoms with Crippen LogP contribution >= 0.6 is 0 Å². The van der Waals surface area contributed by atoms with Crippen LogP contribution in [0.4, 0.5) is 0 Å². The molecule has 0 unspecified atom stereocenters. The zero-order chi connectivity index (χ0) is 21.5. The Morgan fingerprint density at radius 3 is 2.48 bits per heavy atom. The van der Waals surface area contributed by atoms with Gasteiger partial charge in [0.05, 0.1) is 14.2 Å². The third-order valence-electron chi connectivity index (χ3n) is 7.02. The van der Waals surface area contributed by atoms with Gasteiger partial charge in [-0.25, -0.2) is 0 Å². The van der Waals surface area contributed by atoms with Crippen molar-refractivity contribution in [2.45, 2.75) is 57.7 Å². The van der Waals surface area contributed by atoms with Gasteiger partial charge in [0.25, 0.3) is 0 Å². The number of aromatic nitrogens is 1. The van der Waals surface area contributed by atoms with Gasteiger partial charge >= 0.3 is 0 Å². The predicted octanol–water partition coefficient (Wildman–Crippen LogP) is 4.76. The lowest BCUT2D eigenvalue weighted by atomic mass is 9.94. The second kappa shape index (κ2) is 11.0. The second-order valence-electron chi connectivity index (χ2n) is 9.13. The summed E-state index contributed by atoms with van der Waals surface area (Å²) >= 11 is 0. The van der Waals surface area contributed by atoms with Crippen LogP contribution in [0.5, 0.6) is 11.5 Å². The number of rotatable bonds is 9. The first-order valence-corrected chi connectivity index (χ1v) is 11.8. The molecular weight excluding hydrogens is 386 g/mol. The van der Waals surface area contributed by atoms with Crippen LogP contribution in [0.25, 0.3) is 0 Å². The molecule has 4 rings (SSSR count). The fraction of sp³-hybridized carbons (Fsp3) is 0.577. The molecule has 1 aromatic heterocycles. The van der Waals surface area contributed by atoms with Crippen molar-refractivity contribution in [1.29, 1.82) is 0 Å². The van der Waals surface area contributed by atoms with E-state index in [0.29, 0.717) is 0 Å². The molecule has 168 valence electrons. The quantitative estimate of drug-likeness (QED) is 0.582. The molecule has 1 saturated carbocycles. The van der Waals surface area contributed by atoms with Gasteiger partial charge < -0.3 is 14.4 Å². The second-order valence-corrected chi connectivity index (χ2v) is 9.13. The third-order valence-corrected chi connectivity index (χ3v) is 7.02. The minimum absolute atomic E-state index is 0.742. The van der Waals surface area contributed by atoms with E-state index < -0.39 is 0 Å². The highest BCUT2D eigenvalue weighted by atomic mass is 16.5. The van der Waals surface area contributed by atoms with Crippen molar-refractivity contribution in [3.05, 3.63) is 53.9 Å². The Labute approximate surface area is 187 Å². The third kappa shape index (κ3) is 5.98. The van der Waals surface area contributed by atoms with E-state index in [-0.39, 0.29) is 0 Å². The molecule has 2 fully saturated rings. The summed E-state index contributed by atoms with van der Waals surface area (Å²) in [5, 5.41) is 0. The largest absolute Gasteiger partial charge is 0.497 e. The van der Waals surface area contributed by atoms with Crippen LogP contribution in [-0.2, 0) is 13.1 Å². The molecule has 0 radical (unpaired) electrons. The van der Waals surface area contributed by atoms with Gasteiger partial charge in [-0.05, 0) is 74.5 Å². The zero-order valence-electron chi connectivity index (χ0n) is 19.1. The van der Waals surface area contributed by atoms with E-state index in [0.717, 1.165) is 43.1 Å². The first-order valence-electron chi connectivity index (χ1n) is 11.8. The summed E-state index contributed by atoms with van der Waals surface area (Å²) in [5.74, 6) is 2.54. The number of hydrogen-bond donors (Lipinski definition) is 0. The van der Waals surface area contributed by atoms with Gasteiger partial charge in [-0.1, -0.05) is 18.9 Å². The van der Waals surface area contributed by atoms with Crippen molar-refractivity contribution in [2.75, 3.05) is 33.9 Å². The highest BCUT2D eigenvalue weighted by Gasteiger charge is 2.28. The summed E-state index contributed by atoms with van der Waals surface area (Å²) in [6, 6.07) is 11.1. The van der Waals surface area contributed by atoms with Crippen molar-refractivity contribution in [2.24, 2.45) is 5.92 Å². The van der Waals surface area contributed by atoms with E-state index in [2.05, 4.69) is 26.9 Å². The molecule has 2 aromatic rings. The highest BCUT2D eigenvalue weighted by Crippen LogP contribution is 2.30. The van der Waals surface area contributed by atoms with Crippen molar-refractivity contribution >= 4 is 0 Å². The zero-order valence-corrected chi connectivity index (χ0v) is 19.1. The Bertz CT molecular complexity index is 800. The number of benzene rings is 1. The van der Waals surface area contributed by atoms with E-state index in [1.54, 1.807) is 14.2 Å². The van der Waals surface area contributed by atoms with E-state index in [9.17, 15) is 0 Å². The molecule has 5 nitrogen and oxygen atoms in total. The van der Waals surface area contributed by atoms with Gasteiger partial charge in [0.2, 0.25) is 0 Å². The van der Waals surface area contributed by atoms with Crippen molar-refractivity contribution in [1.82, 2.24) is 14.8 Å². The fourth-order valence-electron chi connectivity index (χ4n) is 5.32. The average Bonchev–Trinajstić information content (AvgIpc) is 3.35. The van der Waals surface area contributed by atoms with Gasteiger partial charge in [0, 0.05) is 43.6 Å². The van der Waals surface area contributed by atoms with Crippen LogP contribution < -0.4 is 9.47 Å². The van der Waals surface area contributed by atoms with E-state index >= 15 is 0 Å². The molecule has 1 saturated heterocycles. The number of hydrogen-bond acceptors (Lipinski definition) is 5. The van der Waals surface area contributed by atoms with E-state index in [4.69, 9.17) is 9.47 Å². The van der Waals surface area contributed by atoms with Crippen LogP contribution in [0.1, 0.15) is 49.7 Å². The summed E-state index contributed by atoms with van der Waals surface area (Å²) < 4.78 is 11.1. The molecule has 31 heavy (non-hydrogen) atoms. The highest BCUT2D eigenvalue weighted by molar-refractivity contribution is 5.40. The Balaban J connectivity index is 1.43. The number of pyridine rings is 1. The Morgan fingerprint density at radius 1 is 1.00 bits per heavy atom. The number of ether oxygens (including phenoxy) is 2. The lowest BCUT2D eigenvalue weighted by molar-refractivity contribution is 0.106. The minimum Gasteiger partial charge on any atom is -0.497 e. The number of likely N-dealkylation sites (tertiary alicyclic amines) is 1. The van der Waals surface area contributed by atoms with Gasteiger partial charge in [0.1, 0.15) is 11.5 Å². The monoisotopic (exact) mass is 423 g/mol. The minimum atomic E-state index is 0.742. The standard InChI is InChI=1S/C26H37N3O2/c1-30-25-9-10-26(31-2)23(16-25)20-28(19-22-6-5-13-27-17-22)18-21-11-14-29(15-12-21)24-7-3-4-8-24/h5-6,9-10,13,16-17,21,24H,3-4,7-8,11-12,14-15,18-20H2,1-2H3. The molecule has 2 aliphatic rings. The maximum atomic E-state index is 5.66. The van der Waals surface area contributed by atoms with Gasteiger partial charge in [-0.15, -0.1) is 0 Å². The van der Waals surface area contributed by atoms with Crippen LogP contribution in [0.15, 0.2) is 42.7 Å². The Morgan fingerprint density at radius 2 is 1.81 bits per heavy atom. The lowest BCUT2D eigenvalue weighted by Crippen LogP contribution is -2.42. The topological polar surface area (TPSA) is 37.8 Å². The normalized spacial score (nSPS) is 18.5. The number of piperidine rings is 1. The average molecular weight is 424 g/mol. The Kier molecular flexibility index (Phi) is 7.81. The van der Waals surface area contributed by atoms with Crippen LogP contribution in [0.3, 0.4) is 0 Å². The first kappa shape index (κ1) is 22.1. The van der Waals surface area contributed by atoms with Crippen molar-refractivity contribution < 1.29 is 9.47 Å². The van der Waals surface area contributed by atoms with Gasteiger partial charge in [-0.3, -0.25) is 9.88 Å². The summed E-state index contributed by atoms with van der Waals surface area (Å²) in [6.07, 6.45) is 12.1. The summed E-state index contributed by atoms with van der Waals surface area (Å²) in [7, 11) is 3.46. The van der Waals surface area contributed by atoms with Crippen molar-refractivity contribution in [3.8, 4) is 11.5 Å². The lowest BCUT2D eigenvalue weighted by Gasteiger charge is -2.38. The van der Waals surface area contributed by atoms with Crippen LogP contribution in [-0.4, -0.2) is 54.7 Å². The maximum absolute atomic E-state index is 5.66.